The summed E-state index contributed by atoms with van der Waals surface area (Å²) in [5, 5.41) is 5.59. The van der Waals surface area contributed by atoms with Gasteiger partial charge >= 0.3 is 0 Å². The minimum absolute atomic E-state index is 0.0190. The number of anilines is 2. The van der Waals surface area contributed by atoms with E-state index in [9.17, 15) is 9.59 Å². The highest BCUT2D eigenvalue weighted by Gasteiger charge is 2.16. The number of carbonyl (C=O) groups is 2. The molecule has 3 rings (SSSR count). The number of amides is 2. The second-order valence-electron chi connectivity index (χ2n) is 5.07. The summed E-state index contributed by atoms with van der Waals surface area (Å²) in [5.74, 6) is 0.534. The summed E-state index contributed by atoms with van der Waals surface area (Å²) in [6.45, 7) is 0.325. The van der Waals surface area contributed by atoms with E-state index in [1.807, 2.05) is 6.07 Å². The van der Waals surface area contributed by atoms with Crippen LogP contribution in [0.4, 0.5) is 11.4 Å². The Balaban J connectivity index is 1.72. The Bertz CT molecular complexity index is 721. The second kappa shape index (κ2) is 6.03. The number of benzene rings is 1. The molecule has 0 aliphatic carbocycles. The van der Waals surface area contributed by atoms with Gasteiger partial charge in [-0.2, -0.15) is 0 Å². The lowest BCUT2D eigenvalue weighted by Crippen LogP contribution is -2.19. The molecule has 1 aromatic heterocycles. The van der Waals surface area contributed by atoms with Crippen LogP contribution in [0.1, 0.15) is 28.3 Å². The van der Waals surface area contributed by atoms with Gasteiger partial charge < -0.3 is 19.8 Å². The molecule has 2 N–H and O–H groups in total. The standard InChI is InChI=1S/C16H16N2O4/c1-21-9-12-4-6-14(22-12)16(20)17-11-3-5-13-10(8-11)2-7-15(19)18-13/h3-6,8H,2,7,9H2,1H3,(H,17,20)(H,18,19). The van der Waals surface area contributed by atoms with Crippen molar-refractivity contribution in [3.8, 4) is 0 Å². The van der Waals surface area contributed by atoms with E-state index in [2.05, 4.69) is 10.6 Å². The van der Waals surface area contributed by atoms with Gasteiger partial charge in [0.05, 0.1) is 0 Å². The lowest BCUT2D eigenvalue weighted by molar-refractivity contribution is -0.116. The van der Waals surface area contributed by atoms with E-state index >= 15 is 0 Å². The van der Waals surface area contributed by atoms with Crippen molar-refractivity contribution in [1.82, 2.24) is 0 Å². The Morgan fingerprint density at radius 1 is 1.32 bits per heavy atom. The molecule has 2 amide bonds. The molecule has 22 heavy (non-hydrogen) atoms. The van der Waals surface area contributed by atoms with Gasteiger partial charge in [0.1, 0.15) is 12.4 Å². The molecule has 0 saturated heterocycles. The molecule has 0 atom stereocenters. The minimum atomic E-state index is -0.317. The Morgan fingerprint density at radius 3 is 3.00 bits per heavy atom. The summed E-state index contributed by atoms with van der Waals surface area (Å²) < 4.78 is 10.3. The summed E-state index contributed by atoms with van der Waals surface area (Å²) in [7, 11) is 1.56. The van der Waals surface area contributed by atoms with Crippen LogP contribution in [0.2, 0.25) is 0 Å². The summed E-state index contributed by atoms with van der Waals surface area (Å²) in [6, 6.07) is 8.73. The predicted octanol–water partition coefficient (Wildman–Crippen LogP) is 2.56. The van der Waals surface area contributed by atoms with E-state index in [-0.39, 0.29) is 17.6 Å². The summed E-state index contributed by atoms with van der Waals surface area (Å²) in [4.78, 5) is 23.5. The molecule has 6 nitrogen and oxygen atoms in total. The number of aryl methyl sites for hydroxylation is 1. The molecular formula is C16H16N2O4. The van der Waals surface area contributed by atoms with Crippen LogP contribution in [0.3, 0.4) is 0 Å². The predicted molar refractivity (Wildman–Crippen MR) is 80.8 cm³/mol. The molecule has 0 saturated carbocycles. The van der Waals surface area contributed by atoms with Crippen molar-refractivity contribution >= 4 is 23.2 Å². The van der Waals surface area contributed by atoms with E-state index in [0.29, 0.717) is 30.9 Å². The third-order valence-electron chi connectivity index (χ3n) is 3.43. The van der Waals surface area contributed by atoms with Crippen molar-refractivity contribution in [2.45, 2.75) is 19.4 Å². The zero-order valence-electron chi connectivity index (χ0n) is 12.1. The highest BCUT2D eigenvalue weighted by molar-refractivity contribution is 6.02. The van der Waals surface area contributed by atoms with Gasteiger partial charge in [-0.05, 0) is 42.3 Å². The van der Waals surface area contributed by atoms with E-state index in [4.69, 9.17) is 9.15 Å². The molecule has 0 fully saturated rings. The average Bonchev–Trinajstić information content (AvgIpc) is 2.96. The van der Waals surface area contributed by atoms with E-state index in [1.165, 1.54) is 0 Å². The number of methoxy groups -OCH3 is 1. The number of carbonyl (C=O) groups excluding carboxylic acids is 2. The minimum Gasteiger partial charge on any atom is -0.453 e. The number of furan rings is 1. The maximum atomic E-state index is 12.1. The van der Waals surface area contributed by atoms with E-state index < -0.39 is 0 Å². The van der Waals surface area contributed by atoms with Crippen molar-refractivity contribution < 1.29 is 18.7 Å². The van der Waals surface area contributed by atoms with E-state index in [1.54, 1.807) is 31.4 Å². The molecule has 1 aromatic carbocycles. The van der Waals surface area contributed by atoms with Crippen LogP contribution in [0.15, 0.2) is 34.7 Å². The first kappa shape index (κ1) is 14.3. The van der Waals surface area contributed by atoms with Gasteiger partial charge in [-0.1, -0.05) is 0 Å². The largest absolute Gasteiger partial charge is 0.453 e. The zero-order chi connectivity index (χ0) is 15.5. The van der Waals surface area contributed by atoms with Gasteiger partial charge in [-0.15, -0.1) is 0 Å². The van der Waals surface area contributed by atoms with Crippen LogP contribution in [0.25, 0.3) is 0 Å². The number of hydrogen-bond acceptors (Lipinski definition) is 4. The van der Waals surface area contributed by atoms with Gasteiger partial charge in [0.25, 0.3) is 5.91 Å². The van der Waals surface area contributed by atoms with Crippen molar-refractivity contribution in [2.75, 3.05) is 17.7 Å². The van der Waals surface area contributed by atoms with Crippen molar-refractivity contribution in [3.05, 3.63) is 47.4 Å². The number of nitrogens with one attached hydrogen (secondary N) is 2. The normalized spacial score (nSPS) is 13.4. The monoisotopic (exact) mass is 300 g/mol. The molecule has 6 heteroatoms. The molecular weight excluding hydrogens is 284 g/mol. The van der Waals surface area contributed by atoms with Crippen LogP contribution >= 0.6 is 0 Å². The van der Waals surface area contributed by atoms with Gasteiger partial charge in [0.15, 0.2) is 5.76 Å². The third-order valence-corrected chi connectivity index (χ3v) is 3.43. The van der Waals surface area contributed by atoms with Crippen LogP contribution in [-0.2, 0) is 22.6 Å². The van der Waals surface area contributed by atoms with E-state index in [0.717, 1.165) is 11.3 Å². The fourth-order valence-corrected chi connectivity index (χ4v) is 2.37. The SMILES string of the molecule is COCc1ccc(C(=O)Nc2ccc3c(c2)CCC(=O)N3)o1. The van der Waals surface area contributed by atoms with Gasteiger partial charge in [0, 0.05) is 24.9 Å². The molecule has 1 aliphatic rings. The molecule has 1 aliphatic heterocycles. The Hall–Kier alpha value is -2.60. The molecule has 2 heterocycles. The molecule has 0 spiro atoms. The van der Waals surface area contributed by atoms with Gasteiger partial charge in [-0.25, -0.2) is 0 Å². The first-order chi connectivity index (χ1) is 10.7. The number of fused-ring (bicyclic) bond motifs is 1. The lowest BCUT2D eigenvalue weighted by atomic mass is 10.0. The lowest BCUT2D eigenvalue weighted by Gasteiger charge is -2.17. The summed E-state index contributed by atoms with van der Waals surface area (Å²) >= 11 is 0. The first-order valence-electron chi connectivity index (χ1n) is 6.97. The fraction of sp³-hybridized carbons (Fsp3) is 0.250. The zero-order valence-corrected chi connectivity index (χ0v) is 12.1. The number of hydrogen-bond donors (Lipinski definition) is 2. The number of rotatable bonds is 4. The maximum absolute atomic E-state index is 12.1. The second-order valence-corrected chi connectivity index (χ2v) is 5.07. The highest BCUT2D eigenvalue weighted by Crippen LogP contribution is 2.26. The smallest absolute Gasteiger partial charge is 0.291 e. The Morgan fingerprint density at radius 2 is 2.18 bits per heavy atom. The van der Waals surface area contributed by atoms with Gasteiger partial charge in [-0.3, -0.25) is 9.59 Å². The van der Waals surface area contributed by atoms with Crippen LogP contribution in [0, 0.1) is 0 Å². The topological polar surface area (TPSA) is 80.6 Å². The highest BCUT2D eigenvalue weighted by atomic mass is 16.5. The Labute approximate surface area is 127 Å². The third kappa shape index (κ3) is 3.01. The summed E-state index contributed by atoms with van der Waals surface area (Å²) in [5.41, 5.74) is 2.48. The number of ether oxygens (including phenoxy) is 1. The molecule has 0 unspecified atom stereocenters. The van der Waals surface area contributed by atoms with Crippen molar-refractivity contribution in [1.29, 1.82) is 0 Å². The van der Waals surface area contributed by atoms with Crippen LogP contribution < -0.4 is 10.6 Å². The molecule has 2 aromatic rings. The average molecular weight is 300 g/mol. The fourth-order valence-electron chi connectivity index (χ4n) is 2.37. The van der Waals surface area contributed by atoms with Crippen molar-refractivity contribution in [3.63, 3.8) is 0 Å². The maximum Gasteiger partial charge on any atom is 0.291 e. The molecule has 0 radical (unpaired) electrons. The van der Waals surface area contributed by atoms with Crippen molar-refractivity contribution in [2.24, 2.45) is 0 Å². The van der Waals surface area contributed by atoms with Gasteiger partial charge in [0.2, 0.25) is 5.91 Å². The first-order valence-corrected chi connectivity index (χ1v) is 6.97. The Kier molecular flexibility index (Phi) is 3.93. The van der Waals surface area contributed by atoms with Crippen LogP contribution in [-0.4, -0.2) is 18.9 Å². The molecule has 0 bridgehead atoms. The molecule has 114 valence electrons. The summed E-state index contributed by atoms with van der Waals surface area (Å²) in [6.07, 6.45) is 1.13. The quantitative estimate of drug-likeness (QED) is 0.909. The van der Waals surface area contributed by atoms with Crippen LogP contribution in [0.5, 0.6) is 0 Å².